The van der Waals surface area contributed by atoms with E-state index in [2.05, 4.69) is 29.2 Å². The fourth-order valence-electron chi connectivity index (χ4n) is 3.55. The summed E-state index contributed by atoms with van der Waals surface area (Å²) in [7, 11) is 0. The van der Waals surface area contributed by atoms with Gasteiger partial charge in [0.05, 0.1) is 0 Å². The largest absolute Gasteiger partial charge is 0.316 e. The van der Waals surface area contributed by atoms with Crippen molar-refractivity contribution in [1.29, 1.82) is 0 Å². The second kappa shape index (κ2) is 5.44. The Hall–Kier alpha value is -0.180. The van der Waals surface area contributed by atoms with E-state index in [-0.39, 0.29) is 0 Å². The highest BCUT2D eigenvalue weighted by atomic mass is 35.5. The topological polar surface area (TPSA) is 12.0 Å². The lowest BCUT2D eigenvalue weighted by Crippen LogP contribution is -2.45. The third-order valence-corrected chi connectivity index (χ3v) is 5.99. The van der Waals surface area contributed by atoms with E-state index >= 15 is 0 Å². The Morgan fingerprint density at radius 1 is 1.17 bits per heavy atom. The Labute approximate surface area is 119 Å². The summed E-state index contributed by atoms with van der Waals surface area (Å²) in [6.07, 6.45) is 4.02. The van der Waals surface area contributed by atoms with E-state index in [0.717, 1.165) is 11.6 Å². The summed E-state index contributed by atoms with van der Waals surface area (Å²) < 4.78 is 0. The first-order valence-electron chi connectivity index (χ1n) is 6.85. The first kappa shape index (κ1) is 12.8. The quantitative estimate of drug-likeness (QED) is 0.837. The van der Waals surface area contributed by atoms with Crippen molar-refractivity contribution in [3.63, 3.8) is 0 Å². The summed E-state index contributed by atoms with van der Waals surface area (Å²) in [5.74, 6) is 3.24. The van der Waals surface area contributed by atoms with Crippen LogP contribution < -0.4 is 5.32 Å². The first-order chi connectivity index (χ1) is 8.82. The molecule has 2 heterocycles. The number of benzene rings is 1. The monoisotopic (exact) mass is 281 g/mol. The predicted octanol–water partition coefficient (Wildman–Crippen LogP) is 3.93. The zero-order valence-corrected chi connectivity index (χ0v) is 12.2. The number of hydrogen-bond donors (Lipinski definition) is 1. The van der Waals surface area contributed by atoms with Gasteiger partial charge in [0, 0.05) is 17.5 Å². The molecular weight excluding hydrogens is 262 g/mol. The van der Waals surface area contributed by atoms with Gasteiger partial charge in [0.25, 0.3) is 0 Å². The van der Waals surface area contributed by atoms with Crippen LogP contribution in [0.3, 0.4) is 0 Å². The van der Waals surface area contributed by atoms with Gasteiger partial charge in [0.2, 0.25) is 0 Å². The molecule has 1 N–H and O–H groups in total. The molecule has 1 spiro atoms. The summed E-state index contributed by atoms with van der Waals surface area (Å²) in [5, 5.41) is 4.51. The molecule has 2 aliphatic heterocycles. The lowest BCUT2D eigenvalue weighted by Gasteiger charge is -2.47. The molecule has 1 unspecified atom stereocenters. The fourth-order valence-corrected chi connectivity index (χ4v) is 5.12. The van der Waals surface area contributed by atoms with E-state index < -0.39 is 0 Å². The van der Waals surface area contributed by atoms with E-state index in [1.807, 2.05) is 12.1 Å². The molecule has 0 aliphatic carbocycles. The summed E-state index contributed by atoms with van der Waals surface area (Å²) >= 11 is 8.54. The van der Waals surface area contributed by atoms with Crippen LogP contribution in [0.25, 0.3) is 0 Å². The normalized spacial score (nSPS) is 27.3. The minimum Gasteiger partial charge on any atom is -0.316 e. The van der Waals surface area contributed by atoms with Gasteiger partial charge in [-0.05, 0) is 54.4 Å². The average Bonchev–Trinajstić information content (AvgIpc) is 2.41. The Morgan fingerprint density at radius 3 is 2.72 bits per heavy atom. The van der Waals surface area contributed by atoms with Gasteiger partial charge in [0.15, 0.2) is 0 Å². The molecule has 1 aromatic rings. The van der Waals surface area contributed by atoms with Gasteiger partial charge in [-0.2, -0.15) is 11.8 Å². The first-order valence-corrected chi connectivity index (χ1v) is 8.38. The van der Waals surface area contributed by atoms with E-state index in [0.29, 0.717) is 11.3 Å². The van der Waals surface area contributed by atoms with Gasteiger partial charge >= 0.3 is 0 Å². The van der Waals surface area contributed by atoms with Crippen molar-refractivity contribution in [1.82, 2.24) is 5.32 Å². The Morgan fingerprint density at radius 2 is 1.94 bits per heavy atom. The van der Waals surface area contributed by atoms with Crippen LogP contribution in [0, 0.1) is 5.41 Å². The highest BCUT2D eigenvalue weighted by Gasteiger charge is 2.42. The summed E-state index contributed by atoms with van der Waals surface area (Å²) in [4.78, 5) is 0. The molecule has 0 saturated carbocycles. The number of thioether (sulfide) groups is 1. The summed E-state index contributed by atoms with van der Waals surface area (Å²) in [6, 6.07) is 8.42. The van der Waals surface area contributed by atoms with Gasteiger partial charge in [-0.3, -0.25) is 0 Å². The smallest absolute Gasteiger partial charge is 0.0441 e. The van der Waals surface area contributed by atoms with Crippen molar-refractivity contribution in [2.45, 2.75) is 25.2 Å². The molecule has 98 valence electrons. The second-order valence-electron chi connectivity index (χ2n) is 5.50. The Balaban J connectivity index is 1.94. The van der Waals surface area contributed by atoms with Gasteiger partial charge < -0.3 is 5.32 Å². The highest BCUT2D eigenvalue weighted by Crippen LogP contribution is 2.51. The molecule has 0 bridgehead atoms. The maximum Gasteiger partial charge on any atom is 0.0441 e. The molecule has 3 rings (SSSR count). The molecule has 0 radical (unpaired) electrons. The number of piperidine rings is 1. The number of halogens is 1. The van der Waals surface area contributed by atoms with Gasteiger partial charge in [0.1, 0.15) is 0 Å². The molecule has 2 fully saturated rings. The molecule has 1 nitrogen and oxygen atoms in total. The molecule has 18 heavy (non-hydrogen) atoms. The van der Waals surface area contributed by atoms with Crippen LogP contribution in [0.1, 0.15) is 30.7 Å². The SMILES string of the molecule is Clc1ccccc1C1CNCCC12CCSCC2. The maximum absolute atomic E-state index is 6.43. The van der Waals surface area contributed by atoms with E-state index in [1.165, 1.54) is 42.9 Å². The third-order valence-electron chi connectivity index (χ3n) is 4.66. The number of rotatable bonds is 1. The van der Waals surface area contributed by atoms with E-state index in [4.69, 9.17) is 11.6 Å². The van der Waals surface area contributed by atoms with Crippen LogP contribution in [0.2, 0.25) is 5.02 Å². The van der Waals surface area contributed by atoms with Crippen molar-refractivity contribution in [2.24, 2.45) is 5.41 Å². The van der Waals surface area contributed by atoms with Crippen LogP contribution >= 0.6 is 23.4 Å². The zero-order valence-electron chi connectivity index (χ0n) is 10.6. The van der Waals surface area contributed by atoms with Crippen molar-refractivity contribution < 1.29 is 0 Å². The van der Waals surface area contributed by atoms with Crippen molar-refractivity contribution >= 4 is 23.4 Å². The number of hydrogen-bond acceptors (Lipinski definition) is 2. The summed E-state index contributed by atoms with van der Waals surface area (Å²) in [6.45, 7) is 2.26. The zero-order chi connectivity index (χ0) is 12.4. The molecular formula is C15H20ClNS. The van der Waals surface area contributed by atoms with Gasteiger partial charge in [-0.15, -0.1) is 0 Å². The predicted molar refractivity (Wildman–Crippen MR) is 80.7 cm³/mol. The summed E-state index contributed by atoms with van der Waals surface area (Å²) in [5.41, 5.74) is 1.86. The van der Waals surface area contributed by atoms with Crippen LogP contribution in [0.5, 0.6) is 0 Å². The van der Waals surface area contributed by atoms with Crippen LogP contribution in [0.4, 0.5) is 0 Å². The van der Waals surface area contributed by atoms with E-state index in [1.54, 1.807) is 0 Å². The second-order valence-corrected chi connectivity index (χ2v) is 7.13. The molecule has 1 aromatic carbocycles. The van der Waals surface area contributed by atoms with Crippen molar-refractivity contribution in [3.05, 3.63) is 34.9 Å². The molecule has 3 heteroatoms. The van der Waals surface area contributed by atoms with Gasteiger partial charge in [-0.1, -0.05) is 29.8 Å². The van der Waals surface area contributed by atoms with Crippen molar-refractivity contribution in [3.8, 4) is 0 Å². The minimum atomic E-state index is 0.501. The molecule has 0 amide bonds. The average molecular weight is 282 g/mol. The van der Waals surface area contributed by atoms with Crippen LogP contribution in [0.15, 0.2) is 24.3 Å². The lowest BCUT2D eigenvalue weighted by molar-refractivity contribution is 0.147. The molecule has 0 aromatic heterocycles. The molecule has 2 saturated heterocycles. The highest BCUT2D eigenvalue weighted by molar-refractivity contribution is 7.99. The van der Waals surface area contributed by atoms with Crippen LogP contribution in [-0.4, -0.2) is 24.6 Å². The molecule has 2 aliphatic rings. The van der Waals surface area contributed by atoms with Crippen molar-refractivity contribution in [2.75, 3.05) is 24.6 Å². The number of nitrogens with one attached hydrogen (secondary N) is 1. The maximum atomic E-state index is 6.43. The standard InChI is InChI=1S/C15H20ClNS/c16-14-4-2-1-3-12(14)13-11-17-8-5-15(13)6-9-18-10-7-15/h1-4,13,17H,5-11H2. The van der Waals surface area contributed by atoms with Gasteiger partial charge in [-0.25, -0.2) is 0 Å². The molecule has 1 atom stereocenters. The Bertz CT molecular complexity index is 406. The third kappa shape index (κ3) is 2.31. The minimum absolute atomic E-state index is 0.501. The fraction of sp³-hybridized carbons (Fsp3) is 0.600. The van der Waals surface area contributed by atoms with Crippen LogP contribution in [-0.2, 0) is 0 Å². The van der Waals surface area contributed by atoms with E-state index in [9.17, 15) is 0 Å². The lowest BCUT2D eigenvalue weighted by atomic mass is 9.64. The Kier molecular flexibility index (Phi) is 3.88.